The molecule has 2 aliphatic rings. The summed E-state index contributed by atoms with van der Waals surface area (Å²) in [6.45, 7) is 2.83. The minimum absolute atomic E-state index is 0.0249. The van der Waals surface area contributed by atoms with E-state index in [1.54, 1.807) is 0 Å². The Kier molecular flexibility index (Phi) is 4.25. The first-order chi connectivity index (χ1) is 13.6. The van der Waals surface area contributed by atoms with Crippen molar-refractivity contribution in [2.45, 2.75) is 19.3 Å². The number of amides is 1. The predicted octanol–water partition coefficient (Wildman–Crippen LogP) is 5.62. The third-order valence-electron chi connectivity index (χ3n) is 6.33. The monoisotopic (exact) mass is 387 g/mol. The van der Waals surface area contributed by atoms with E-state index in [1.165, 1.54) is 22.3 Å². The number of benzene rings is 3. The maximum Gasteiger partial charge on any atom is 0.230 e. The Morgan fingerprint density at radius 2 is 1.64 bits per heavy atom. The number of nitrogens with zero attached hydrogens (tertiary/aromatic N) is 1. The van der Waals surface area contributed by atoms with Crippen molar-refractivity contribution in [1.82, 2.24) is 0 Å². The third-order valence-corrected chi connectivity index (χ3v) is 6.58. The molecule has 0 spiro atoms. The summed E-state index contributed by atoms with van der Waals surface area (Å²) in [6, 6.07) is 25.0. The SMILES string of the molecule is Cc1ccc(N2CC3C(Cc4ccccc4C3c3ccc(Cl)cc3)C2=O)cc1. The van der Waals surface area contributed by atoms with E-state index < -0.39 is 0 Å². The van der Waals surface area contributed by atoms with E-state index in [0.717, 1.165) is 23.7 Å². The second-order valence-electron chi connectivity index (χ2n) is 7.99. The van der Waals surface area contributed by atoms with E-state index in [0.29, 0.717) is 0 Å². The van der Waals surface area contributed by atoms with Gasteiger partial charge in [-0.15, -0.1) is 0 Å². The van der Waals surface area contributed by atoms with Crippen molar-refractivity contribution in [1.29, 1.82) is 0 Å². The van der Waals surface area contributed by atoms with Gasteiger partial charge in [-0.25, -0.2) is 0 Å². The molecule has 28 heavy (non-hydrogen) atoms. The standard InChI is InChI=1S/C25H22ClNO/c1-16-6-12-20(13-7-16)27-15-23-22(25(27)28)14-18-4-2-3-5-21(18)24(23)17-8-10-19(26)11-9-17/h2-13,22-24H,14-15H2,1H3. The van der Waals surface area contributed by atoms with Gasteiger partial charge in [0, 0.05) is 29.1 Å². The summed E-state index contributed by atoms with van der Waals surface area (Å²) < 4.78 is 0. The van der Waals surface area contributed by atoms with E-state index in [1.807, 2.05) is 17.0 Å². The Morgan fingerprint density at radius 3 is 2.39 bits per heavy atom. The summed E-state index contributed by atoms with van der Waals surface area (Å²) in [5, 5.41) is 0.744. The highest BCUT2D eigenvalue weighted by Gasteiger charge is 2.48. The highest BCUT2D eigenvalue weighted by molar-refractivity contribution is 6.30. The molecule has 5 rings (SSSR count). The van der Waals surface area contributed by atoms with Crippen molar-refractivity contribution in [2.75, 3.05) is 11.4 Å². The summed E-state index contributed by atoms with van der Waals surface area (Å²) in [5.41, 5.74) is 6.10. The Morgan fingerprint density at radius 1 is 0.929 bits per heavy atom. The molecule has 1 aliphatic carbocycles. The number of halogens is 1. The van der Waals surface area contributed by atoms with Crippen molar-refractivity contribution in [3.05, 3.63) is 100 Å². The van der Waals surface area contributed by atoms with Gasteiger partial charge in [-0.3, -0.25) is 4.79 Å². The molecule has 3 heteroatoms. The molecule has 2 nitrogen and oxygen atoms in total. The second-order valence-corrected chi connectivity index (χ2v) is 8.42. The third kappa shape index (κ3) is 2.84. The summed E-state index contributed by atoms with van der Waals surface area (Å²) in [6.07, 6.45) is 0.826. The van der Waals surface area contributed by atoms with Crippen LogP contribution in [0.4, 0.5) is 5.69 Å². The van der Waals surface area contributed by atoms with Gasteiger partial charge < -0.3 is 4.90 Å². The van der Waals surface area contributed by atoms with Crippen molar-refractivity contribution >= 4 is 23.2 Å². The van der Waals surface area contributed by atoms with Crippen LogP contribution in [0.3, 0.4) is 0 Å². The van der Waals surface area contributed by atoms with Gasteiger partial charge in [0.1, 0.15) is 0 Å². The quantitative estimate of drug-likeness (QED) is 0.559. The van der Waals surface area contributed by atoms with Gasteiger partial charge in [-0.1, -0.05) is 65.7 Å². The summed E-state index contributed by atoms with van der Waals surface area (Å²) in [5.74, 6) is 0.760. The number of carbonyl (C=O) groups is 1. The van der Waals surface area contributed by atoms with Gasteiger partial charge in [0.05, 0.1) is 0 Å². The fraction of sp³-hybridized carbons (Fsp3) is 0.240. The number of hydrogen-bond donors (Lipinski definition) is 0. The molecular formula is C25H22ClNO. The molecule has 0 radical (unpaired) electrons. The lowest BCUT2D eigenvalue weighted by atomic mass is 9.68. The number of aryl methyl sites for hydroxylation is 1. The lowest BCUT2D eigenvalue weighted by molar-refractivity contribution is -0.121. The largest absolute Gasteiger partial charge is 0.312 e. The van der Waals surface area contributed by atoms with Gasteiger partial charge in [0.25, 0.3) is 0 Å². The zero-order chi connectivity index (χ0) is 19.3. The lowest BCUT2D eigenvalue weighted by Crippen LogP contribution is -2.31. The van der Waals surface area contributed by atoms with Crippen LogP contribution in [0.2, 0.25) is 5.02 Å². The average molecular weight is 388 g/mol. The van der Waals surface area contributed by atoms with Crippen LogP contribution < -0.4 is 4.90 Å². The first kappa shape index (κ1) is 17.5. The number of hydrogen-bond acceptors (Lipinski definition) is 1. The summed E-state index contributed by atoms with van der Waals surface area (Å²) in [7, 11) is 0. The molecule has 0 N–H and O–H groups in total. The number of carbonyl (C=O) groups excluding carboxylic acids is 1. The molecule has 0 aromatic heterocycles. The second kappa shape index (κ2) is 6.79. The molecule has 0 bridgehead atoms. The lowest BCUT2D eigenvalue weighted by Gasteiger charge is -2.34. The Balaban J connectivity index is 1.58. The van der Waals surface area contributed by atoms with Gasteiger partial charge in [0.2, 0.25) is 5.91 Å². The minimum atomic E-state index is 0.0249. The van der Waals surface area contributed by atoms with Crippen molar-refractivity contribution < 1.29 is 4.79 Å². The van der Waals surface area contributed by atoms with Crippen LogP contribution in [0.25, 0.3) is 0 Å². The zero-order valence-electron chi connectivity index (χ0n) is 15.8. The van der Waals surface area contributed by atoms with E-state index in [-0.39, 0.29) is 23.7 Å². The minimum Gasteiger partial charge on any atom is -0.312 e. The summed E-state index contributed by atoms with van der Waals surface area (Å²) in [4.78, 5) is 15.4. The molecule has 1 fully saturated rings. The first-order valence-electron chi connectivity index (χ1n) is 9.83. The molecule has 3 atom stereocenters. The van der Waals surface area contributed by atoms with Gasteiger partial charge in [-0.2, -0.15) is 0 Å². The molecule has 1 aliphatic heterocycles. The van der Waals surface area contributed by atoms with Crippen LogP contribution >= 0.6 is 11.6 Å². The Labute approximate surface area is 170 Å². The summed E-state index contributed by atoms with van der Waals surface area (Å²) >= 11 is 6.14. The zero-order valence-corrected chi connectivity index (χ0v) is 16.6. The van der Waals surface area contributed by atoms with E-state index in [2.05, 4.69) is 67.6 Å². The maximum atomic E-state index is 13.4. The van der Waals surface area contributed by atoms with Crippen molar-refractivity contribution in [2.24, 2.45) is 11.8 Å². The van der Waals surface area contributed by atoms with Gasteiger partial charge in [-0.05, 0) is 60.2 Å². The van der Waals surface area contributed by atoms with Crippen LogP contribution in [0.15, 0.2) is 72.8 Å². The average Bonchev–Trinajstić information content (AvgIpc) is 3.04. The van der Waals surface area contributed by atoms with Crippen LogP contribution in [0.5, 0.6) is 0 Å². The van der Waals surface area contributed by atoms with Crippen LogP contribution in [-0.4, -0.2) is 12.5 Å². The fourth-order valence-corrected chi connectivity index (χ4v) is 5.06. The fourth-order valence-electron chi connectivity index (χ4n) is 4.93. The number of rotatable bonds is 2. The Hall–Kier alpha value is -2.58. The van der Waals surface area contributed by atoms with Crippen molar-refractivity contribution in [3.63, 3.8) is 0 Å². The number of anilines is 1. The molecule has 0 saturated carbocycles. The molecule has 1 heterocycles. The maximum absolute atomic E-state index is 13.4. The highest BCUT2D eigenvalue weighted by atomic mass is 35.5. The van der Waals surface area contributed by atoms with E-state index >= 15 is 0 Å². The number of fused-ring (bicyclic) bond motifs is 2. The van der Waals surface area contributed by atoms with Crippen LogP contribution in [-0.2, 0) is 11.2 Å². The molecule has 140 valence electrons. The van der Waals surface area contributed by atoms with Crippen LogP contribution in [0, 0.1) is 18.8 Å². The van der Waals surface area contributed by atoms with E-state index in [9.17, 15) is 4.79 Å². The molecule has 1 amide bonds. The molecule has 1 saturated heterocycles. The predicted molar refractivity (Wildman–Crippen MR) is 114 cm³/mol. The van der Waals surface area contributed by atoms with Crippen LogP contribution in [0.1, 0.15) is 28.2 Å². The van der Waals surface area contributed by atoms with Gasteiger partial charge >= 0.3 is 0 Å². The smallest absolute Gasteiger partial charge is 0.230 e. The molecule has 3 aromatic carbocycles. The van der Waals surface area contributed by atoms with E-state index in [4.69, 9.17) is 11.6 Å². The Bertz CT molecular complexity index is 1030. The molecule has 3 unspecified atom stereocenters. The van der Waals surface area contributed by atoms with Gasteiger partial charge in [0.15, 0.2) is 0 Å². The topological polar surface area (TPSA) is 20.3 Å². The normalized spacial score (nSPS) is 23.4. The molecular weight excluding hydrogens is 366 g/mol. The highest BCUT2D eigenvalue weighted by Crippen LogP contribution is 2.48. The van der Waals surface area contributed by atoms with Crippen molar-refractivity contribution in [3.8, 4) is 0 Å². The first-order valence-corrected chi connectivity index (χ1v) is 10.2. The molecule has 3 aromatic rings.